The lowest BCUT2D eigenvalue weighted by Gasteiger charge is -2.35. The van der Waals surface area contributed by atoms with Gasteiger partial charge in [0.15, 0.2) is 11.4 Å². The predicted molar refractivity (Wildman–Crippen MR) is 206 cm³/mol. The van der Waals surface area contributed by atoms with Gasteiger partial charge in [-0.05, 0) is 91.3 Å². The molecule has 0 radical (unpaired) electrons. The summed E-state index contributed by atoms with van der Waals surface area (Å²) in [6.45, 7) is 15.1. The molecule has 50 heavy (non-hydrogen) atoms. The average Bonchev–Trinajstić information content (AvgIpc) is 3.50. The first-order chi connectivity index (χ1) is 24.7. The van der Waals surface area contributed by atoms with E-state index in [9.17, 15) is 0 Å². The van der Waals surface area contributed by atoms with Gasteiger partial charge in [0.2, 0.25) is 0 Å². The van der Waals surface area contributed by atoms with E-state index >= 15 is 0 Å². The Hall–Kier alpha value is -6.94. The monoisotopic (exact) mass is 635 g/mol. The Morgan fingerprint density at radius 1 is 0.420 bits per heavy atom. The van der Waals surface area contributed by atoms with Gasteiger partial charge in [-0.1, -0.05) is 140 Å². The quantitative estimate of drug-likeness (QED) is 0.135. The molecule has 0 heterocycles. The van der Waals surface area contributed by atoms with Crippen LogP contribution in [0.2, 0.25) is 0 Å². The van der Waals surface area contributed by atoms with Crippen LogP contribution in [0.25, 0.3) is 42.4 Å². The summed E-state index contributed by atoms with van der Waals surface area (Å²) in [5.74, 6) is 0. The lowest BCUT2D eigenvalue weighted by Crippen LogP contribution is -2.28. The summed E-state index contributed by atoms with van der Waals surface area (Å²) in [6.07, 6.45) is 0. The number of fused-ring (bicyclic) bond motifs is 7. The molecule has 9 rings (SSSR count). The Bertz CT molecular complexity index is 2550. The van der Waals surface area contributed by atoms with Gasteiger partial charge in [0.1, 0.15) is 0 Å². The van der Waals surface area contributed by atoms with E-state index in [1.165, 1.54) is 54.9 Å². The second kappa shape index (κ2) is 11.6. The van der Waals surface area contributed by atoms with Crippen molar-refractivity contribution >= 4 is 50.0 Å². The lowest BCUT2D eigenvalue weighted by molar-refractivity contribution is 0.769. The second-order valence-corrected chi connectivity index (χ2v) is 12.7. The molecule has 0 saturated heterocycles. The van der Waals surface area contributed by atoms with Crippen molar-refractivity contribution in [2.75, 3.05) is 4.90 Å². The summed E-state index contributed by atoms with van der Waals surface area (Å²) in [5.41, 5.74) is 10.8. The highest BCUT2D eigenvalue weighted by atomic mass is 15.1. The van der Waals surface area contributed by atoms with Crippen LogP contribution in [0.15, 0.2) is 176 Å². The minimum atomic E-state index is -0.587. The molecule has 0 spiro atoms. The smallest absolute Gasteiger partial charge is 0.187 e. The molecule has 232 valence electrons. The summed E-state index contributed by atoms with van der Waals surface area (Å²) in [4.78, 5) is 9.49. The van der Waals surface area contributed by atoms with Crippen molar-refractivity contribution in [2.45, 2.75) is 5.41 Å². The number of hydrogen-bond donors (Lipinski definition) is 0. The zero-order valence-electron chi connectivity index (χ0n) is 27.1. The fourth-order valence-corrected chi connectivity index (χ4v) is 8.00. The molecule has 0 atom stereocenters. The van der Waals surface area contributed by atoms with Gasteiger partial charge in [0.25, 0.3) is 0 Å². The van der Waals surface area contributed by atoms with Crippen LogP contribution in [0.3, 0.4) is 0 Å². The summed E-state index contributed by atoms with van der Waals surface area (Å²) in [6, 6.07) is 61.9. The van der Waals surface area contributed by atoms with Crippen LogP contribution in [-0.4, -0.2) is 0 Å². The molecule has 0 amide bonds. The Balaban J connectivity index is 1.38. The molecule has 0 fully saturated rings. The van der Waals surface area contributed by atoms with Crippen molar-refractivity contribution in [2.24, 2.45) is 0 Å². The summed E-state index contributed by atoms with van der Waals surface area (Å²) in [5, 5.41) is 4.97. The maximum absolute atomic E-state index is 7.53. The van der Waals surface area contributed by atoms with Crippen molar-refractivity contribution in [3.05, 3.63) is 221 Å². The molecular formula is C47H29N3. The number of hydrogen-bond acceptors (Lipinski definition) is 1. The fraction of sp³-hybridized carbons (Fsp3) is 0.0213. The van der Waals surface area contributed by atoms with Gasteiger partial charge in [0, 0.05) is 17.1 Å². The Kier molecular flexibility index (Phi) is 6.80. The molecule has 1 aliphatic rings. The minimum Gasteiger partial charge on any atom is -0.311 e. The van der Waals surface area contributed by atoms with Gasteiger partial charge in [0.05, 0.1) is 18.6 Å². The number of anilines is 3. The molecule has 8 aromatic carbocycles. The van der Waals surface area contributed by atoms with Crippen LogP contribution in [0.4, 0.5) is 28.4 Å². The van der Waals surface area contributed by atoms with Crippen LogP contribution in [0.1, 0.15) is 22.3 Å². The highest BCUT2D eigenvalue weighted by Crippen LogP contribution is 2.59. The Morgan fingerprint density at radius 2 is 0.960 bits per heavy atom. The first kappa shape index (κ1) is 29.2. The maximum Gasteiger partial charge on any atom is 0.187 e. The SMILES string of the molecule is [C-]#[N+]c1ccc(N(c2ccc([N+]#[C-])cc2)c2ccc3c(c2)C(c2ccccc2)(c2ccccc2)c2ccc4c(ccc5ccccc54)c2-3)cc1. The maximum atomic E-state index is 7.53. The second-order valence-electron chi connectivity index (χ2n) is 12.7. The van der Waals surface area contributed by atoms with E-state index in [2.05, 4.69) is 142 Å². The van der Waals surface area contributed by atoms with Gasteiger partial charge in [-0.15, -0.1) is 0 Å². The molecule has 0 aliphatic heterocycles. The summed E-state index contributed by atoms with van der Waals surface area (Å²) in [7, 11) is 0. The Labute approximate surface area is 291 Å². The number of rotatable bonds is 5. The zero-order chi connectivity index (χ0) is 33.7. The van der Waals surface area contributed by atoms with Gasteiger partial charge in [-0.3, -0.25) is 0 Å². The molecule has 0 aromatic heterocycles. The van der Waals surface area contributed by atoms with E-state index in [1.54, 1.807) is 0 Å². The van der Waals surface area contributed by atoms with Gasteiger partial charge in [-0.2, -0.15) is 0 Å². The number of nitrogens with zero attached hydrogens (tertiary/aromatic N) is 3. The Morgan fingerprint density at radius 3 is 1.56 bits per heavy atom. The molecule has 1 aliphatic carbocycles. The molecule has 0 saturated carbocycles. The van der Waals surface area contributed by atoms with Gasteiger partial charge >= 0.3 is 0 Å². The molecule has 0 unspecified atom stereocenters. The van der Waals surface area contributed by atoms with Crippen LogP contribution in [0, 0.1) is 13.1 Å². The van der Waals surface area contributed by atoms with Crippen molar-refractivity contribution in [3.8, 4) is 11.1 Å². The average molecular weight is 636 g/mol. The van der Waals surface area contributed by atoms with Crippen molar-refractivity contribution in [3.63, 3.8) is 0 Å². The first-order valence-electron chi connectivity index (χ1n) is 16.7. The molecule has 8 aromatic rings. The van der Waals surface area contributed by atoms with Gasteiger partial charge < -0.3 is 4.90 Å². The van der Waals surface area contributed by atoms with E-state index in [0.29, 0.717) is 11.4 Å². The topological polar surface area (TPSA) is 12.0 Å². The third-order valence-electron chi connectivity index (χ3n) is 10.2. The van der Waals surface area contributed by atoms with Crippen molar-refractivity contribution < 1.29 is 0 Å². The molecule has 0 bridgehead atoms. The van der Waals surface area contributed by atoms with Crippen LogP contribution in [0.5, 0.6) is 0 Å². The van der Waals surface area contributed by atoms with Crippen molar-refractivity contribution in [1.82, 2.24) is 0 Å². The van der Waals surface area contributed by atoms with Crippen LogP contribution in [-0.2, 0) is 5.41 Å². The van der Waals surface area contributed by atoms with Crippen LogP contribution < -0.4 is 4.90 Å². The standard InChI is InChI=1S/C47H29N3/c1-48-35-18-22-37(23-19-35)50(38-24-20-36(49-2)21-25-38)39-26-28-43-45(31-39)47(33-12-5-3-6-13-33,34-14-7-4-8-15-34)44-30-29-41-40-16-10-9-11-32(40)17-27-42(41)46(43)44/h3-31H. The largest absolute Gasteiger partial charge is 0.311 e. The first-order valence-corrected chi connectivity index (χ1v) is 16.7. The van der Waals surface area contributed by atoms with Gasteiger partial charge in [-0.25, -0.2) is 9.69 Å². The molecule has 3 nitrogen and oxygen atoms in total. The lowest BCUT2D eigenvalue weighted by atomic mass is 9.67. The molecule has 3 heteroatoms. The highest BCUT2D eigenvalue weighted by Gasteiger charge is 2.47. The fourth-order valence-electron chi connectivity index (χ4n) is 8.00. The highest BCUT2D eigenvalue weighted by molar-refractivity contribution is 6.14. The predicted octanol–water partition coefficient (Wildman–Crippen LogP) is 12.9. The van der Waals surface area contributed by atoms with E-state index in [0.717, 1.165) is 17.1 Å². The van der Waals surface area contributed by atoms with Crippen molar-refractivity contribution in [1.29, 1.82) is 0 Å². The third-order valence-corrected chi connectivity index (χ3v) is 10.2. The summed E-state index contributed by atoms with van der Waals surface area (Å²) < 4.78 is 0. The molecular weight excluding hydrogens is 607 g/mol. The minimum absolute atomic E-state index is 0.587. The van der Waals surface area contributed by atoms with E-state index in [1.807, 2.05) is 48.5 Å². The van der Waals surface area contributed by atoms with E-state index in [-0.39, 0.29) is 0 Å². The van der Waals surface area contributed by atoms with E-state index < -0.39 is 5.41 Å². The molecule has 0 N–H and O–H groups in total. The normalized spacial score (nSPS) is 12.5. The third kappa shape index (κ3) is 4.35. The van der Waals surface area contributed by atoms with E-state index in [4.69, 9.17) is 13.1 Å². The van der Waals surface area contributed by atoms with Crippen LogP contribution >= 0.6 is 0 Å². The summed E-state index contributed by atoms with van der Waals surface area (Å²) >= 11 is 0. The number of benzene rings is 8. The zero-order valence-corrected chi connectivity index (χ0v) is 27.1.